The summed E-state index contributed by atoms with van der Waals surface area (Å²) in [6, 6.07) is 2.05. The van der Waals surface area contributed by atoms with Crippen LogP contribution in [0.1, 0.15) is 11.1 Å². The van der Waals surface area contributed by atoms with Crippen molar-refractivity contribution in [2.75, 3.05) is 7.11 Å². The van der Waals surface area contributed by atoms with Gasteiger partial charge in [0.2, 0.25) is 0 Å². The molecular formula is C11H10F2O2. The van der Waals surface area contributed by atoms with E-state index in [1.54, 1.807) is 0 Å². The van der Waals surface area contributed by atoms with Gasteiger partial charge in [0.1, 0.15) is 11.6 Å². The molecule has 2 nitrogen and oxygen atoms in total. The SMILES string of the molecule is COC(=O)/C=C/c1c(F)ccc(F)c1C. The number of methoxy groups -OCH3 is 1. The number of hydrogen-bond donors (Lipinski definition) is 0. The number of esters is 1. The van der Waals surface area contributed by atoms with Crippen molar-refractivity contribution in [3.8, 4) is 0 Å². The van der Waals surface area contributed by atoms with Crippen LogP contribution in [0.2, 0.25) is 0 Å². The van der Waals surface area contributed by atoms with E-state index in [2.05, 4.69) is 4.74 Å². The average molecular weight is 212 g/mol. The Hall–Kier alpha value is -1.71. The maximum Gasteiger partial charge on any atom is 0.330 e. The zero-order valence-corrected chi connectivity index (χ0v) is 8.38. The molecule has 0 saturated heterocycles. The number of carbonyl (C=O) groups is 1. The second-order valence-corrected chi connectivity index (χ2v) is 2.92. The Balaban J connectivity index is 3.09. The summed E-state index contributed by atoms with van der Waals surface area (Å²) in [4.78, 5) is 10.8. The van der Waals surface area contributed by atoms with E-state index in [1.165, 1.54) is 20.1 Å². The lowest BCUT2D eigenvalue weighted by Gasteiger charge is -2.02. The maximum atomic E-state index is 13.2. The number of benzene rings is 1. The van der Waals surface area contributed by atoms with E-state index in [0.717, 1.165) is 18.2 Å². The first kappa shape index (κ1) is 11.4. The van der Waals surface area contributed by atoms with Gasteiger partial charge >= 0.3 is 5.97 Å². The quantitative estimate of drug-likeness (QED) is 0.556. The highest BCUT2D eigenvalue weighted by atomic mass is 19.1. The molecule has 0 aliphatic heterocycles. The molecule has 4 heteroatoms. The second-order valence-electron chi connectivity index (χ2n) is 2.92. The minimum atomic E-state index is -0.613. The van der Waals surface area contributed by atoms with Crippen molar-refractivity contribution in [2.45, 2.75) is 6.92 Å². The van der Waals surface area contributed by atoms with Gasteiger partial charge in [-0.15, -0.1) is 0 Å². The summed E-state index contributed by atoms with van der Waals surface area (Å²) in [5.41, 5.74) is 0.218. The molecule has 0 fully saturated rings. The van der Waals surface area contributed by atoms with Crippen molar-refractivity contribution in [3.05, 3.63) is 41.0 Å². The summed E-state index contributed by atoms with van der Waals surface area (Å²) in [5.74, 6) is -1.70. The van der Waals surface area contributed by atoms with Gasteiger partial charge in [-0.25, -0.2) is 13.6 Å². The molecule has 0 heterocycles. The Morgan fingerprint density at radius 2 is 1.93 bits per heavy atom. The van der Waals surface area contributed by atoms with Gasteiger partial charge in [0.15, 0.2) is 0 Å². The Morgan fingerprint density at radius 3 is 2.53 bits per heavy atom. The average Bonchev–Trinajstić information content (AvgIpc) is 2.23. The summed E-state index contributed by atoms with van der Waals surface area (Å²) in [6.07, 6.45) is 2.24. The van der Waals surface area contributed by atoms with Crippen LogP contribution in [0.4, 0.5) is 8.78 Å². The van der Waals surface area contributed by atoms with Crippen LogP contribution >= 0.6 is 0 Å². The molecule has 0 saturated carbocycles. The van der Waals surface area contributed by atoms with Crippen LogP contribution in [0.5, 0.6) is 0 Å². The highest BCUT2D eigenvalue weighted by molar-refractivity contribution is 5.87. The van der Waals surface area contributed by atoms with Crippen LogP contribution in [-0.2, 0) is 9.53 Å². The molecule has 0 aromatic heterocycles. The molecule has 1 aromatic carbocycles. The van der Waals surface area contributed by atoms with Gasteiger partial charge in [-0.3, -0.25) is 0 Å². The molecule has 0 bridgehead atoms. The van der Waals surface area contributed by atoms with E-state index in [0.29, 0.717) is 0 Å². The van der Waals surface area contributed by atoms with Crippen molar-refractivity contribution in [2.24, 2.45) is 0 Å². The number of hydrogen-bond acceptors (Lipinski definition) is 2. The summed E-state index contributed by atoms with van der Waals surface area (Å²) in [7, 11) is 1.21. The predicted octanol–water partition coefficient (Wildman–Crippen LogP) is 2.46. The molecule has 0 atom stereocenters. The van der Waals surface area contributed by atoms with Crippen molar-refractivity contribution >= 4 is 12.0 Å². The molecule has 0 aliphatic carbocycles. The number of rotatable bonds is 2. The first-order valence-corrected chi connectivity index (χ1v) is 4.27. The van der Waals surface area contributed by atoms with Gasteiger partial charge in [-0.05, 0) is 30.7 Å². The van der Waals surface area contributed by atoms with Crippen LogP contribution in [0.25, 0.3) is 6.08 Å². The lowest BCUT2D eigenvalue weighted by Crippen LogP contribution is -1.96. The molecule has 0 spiro atoms. The Bertz CT molecular complexity index is 411. The third-order valence-electron chi connectivity index (χ3n) is 1.98. The van der Waals surface area contributed by atoms with Crippen LogP contribution < -0.4 is 0 Å². The zero-order chi connectivity index (χ0) is 11.4. The molecule has 80 valence electrons. The first-order chi connectivity index (χ1) is 7.06. The summed E-state index contributed by atoms with van der Waals surface area (Å²) >= 11 is 0. The molecular weight excluding hydrogens is 202 g/mol. The minimum Gasteiger partial charge on any atom is -0.466 e. The molecule has 0 amide bonds. The Morgan fingerprint density at radius 1 is 1.33 bits per heavy atom. The van der Waals surface area contributed by atoms with Gasteiger partial charge in [-0.1, -0.05) is 0 Å². The normalized spacial score (nSPS) is 10.7. The van der Waals surface area contributed by atoms with E-state index in [-0.39, 0.29) is 11.1 Å². The van der Waals surface area contributed by atoms with Gasteiger partial charge in [0, 0.05) is 11.6 Å². The van der Waals surface area contributed by atoms with Gasteiger partial charge in [-0.2, -0.15) is 0 Å². The lowest BCUT2D eigenvalue weighted by molar-refractivity contribution is -0.134. The fraction of sp³-hybridized carbons (Fsp3) is 0.182. The second kappa shape index (κ2) is 4.68. The maximum absolute atomic E-state index is 13.2. The van der Waals surface area contributed by atoms with Crippen molar-refractivity contribution in [3.63, 3.8) is 0 Å². The lowest BCUT2D eigenvalue weighted by atomic mass is 10.1. The highest BCUT2D eigenvalue weighted by Crippen LogP contribution is 2.17. The molecule has 1 rings (SSSR count). The molecule has 0 radical (unpaired) electrons. The zero-order valence-electron chi connectivity index (χ0n) is 8.38. The van der Waals surface area contributed by atoms with Crippen molar-refractivity contribution in [1.29, 1.82) is 0 Å². The largest absolute Gasteiger partial charge is 0.466 e. The van der Waals surface area contributed by atoms with E-state index in [4.69, 9.17) is 0 Å². The molecule has 0 aliphatic rings. The van der Waals surface area contributed by atoms with Gasteiger partial charge in [0.25, 0.3) is 0 Å². The predicted molar refractivity (Wildman–Crippen MR) is 52.1 cm³/mol. The van der Waals surface area contributed by atoms with E-state index < -0.39 is 17.6 Å². The Labute approximate surface area is 86.2 Å². The topological polar surface area (TPSA) is 26.3 Å². The molecule has 1 aromatic rings. The van der Waals surface area contributed by atoms with Crippen molar-refractivity contribution < 1.29 is 18.3 Å². The summed E-state index contributed by atoms with van der Waals surface area (Å²) in [5, 5.41) is 0. The monoisotopic (exact) mass is 212 g/mol. The highest BCUT2D eigenvalue weighted by Gasteiger charge is 2.07. The van der Waals surface area contributed by atoms with Crippen molar-refractivity contribution in [1.82, 2.24) is 0 Å². The minimum absolute atomic E-state index is 0.0559. The Kier molecular flexibility index (Phi) is 3.55. The van der Waals surface area contributed by atoms with E-state index in [9.17, 15) is 13.6 Å². The third-order valence-corrected chi connectivity index (χ3v) is 1.98. The smallest absolute Gasteiger partial charge is 0.330 e. The number of halogens is 2. The fourth-order valence-electron chi connectivity index (χ4n) is 1.09. The standard InChI is InChI=1S/C11H10F2O2/c1-7-8(3-6-11(14)15-2)10(13)5-4-9(7)12/h3-6H,1-2H3/b6-3+. The third kappa shape index (κ3) is 2.62. The van der Waals surface area contributed by atoms with Crippen LogP contribution in [-0.4, -0.2) is 13.1 Å². The van der Waals surface area contributed by atoms with Crippen LogP contribution in [0.15, 0.2) is 18.2 Å². The van der Waals surface area contributed by atoms with E-state index >= 15 is 0 Å². The fourth-order valence-corrected chi connectivity index (χ4v) is 1.09. The number of ether oxygens (including phenoxy) is 1. The summed E-state index contributed by atoms with van der Waals surface area (Å²) < 4.78 is 30.6. The molecule has 0 unspecified atom stereocenters. The van der Waals surface area contributed by atoms with E-state index in [1.807, 2.05) is 0 Å². The number of carbonyl (C=O) groups excluding carboxylic acids is 1. The van der Waals surface area contributed by atoms with Crippen LogP contribution in [0.3, 0.4) is 0 Å². The van der Waals surface area contributed by atoms with Gasteiger partial charge < -0.3 is 4.74 Å². The van der Waals surface area contributed by atoms with Crippen LogP contribution in [0, 0.1) is 18.6 Å². The summed E-state index contributed by atoms with van der Waals surface area (Å²) in [6.45, 7) is 1.44. The molecule has 15 heavy (non-hydrogen) atoms. The molecule has 0 N–H and O–H groups in total. The van der Waals surface area contributed by atoms with Gasteiger partial charge in [0.05, 0.1) is 7.11 Å². The first-order valence-electron chi connectivity index (χ1n) is 4.27.